The van der Waals surface area contributed by atoms with Gasteiger partial charge in [0.05, 0.1) is 16.8 Å². The number of rotatable bonds is 4. The molecule has 0 aliphatic rings. The molecule has 0 spiro atoms. The third kappa shape index (κ3) is 3.97. The molecule has 5 heteroatoms. The molecule has 0 bridgehead atoms. The molecule has 2 rings (SSSR count). The Morgan fingerprint density at radius 2 is 1.85 bits per heavy atom. The van der Waals surface area contributed by atoms with Crippen molar-refractivity contribution in [3.63, 3.8) is 0 Å². The van der Waals surface area contributed by atoms with E-state index in [2.05, 4.69) is 5.32 Å². The number of carbonyl (C=O) groups excluding carboxylic acids is 1. The lowest BCUT2D eigenvalue weighted by Crippen LogP contribution is -2.37. The molecule has 0 heterocycles. The second-order valence-electron chi connectivity index (χ2n) is 4.41. The van der Waals surface area contributed by atoms with Crippen LogP contribution in [0.4, 0.5) is 5.69 Å². The fourth-order valence-corrected chi connectivity index (χ4v) is 2.23. The van der Waals surface area contributed by atoms with Crippen molar-refractivity contribution in [1.29, 1.82) is 0 Å². The van der Waals surface area contributed by atoms with Crippen LogP contribution in [0.25, 0.3) is 0 Å². The summed E-state index contributed by atoms with van der Waals surface area (Å²) in [6, 6.07) is 13.9. The summed E-state index contributed by atoms with van der Waals surface area (Å²) < 4.78 is 0. The monoisotopic (exact) mass is 308 g/mol. The largest absolute Gasteiger partial charge is 0.323 e. The van der Waals surface area contributed by atoms with Crippen molar-refractivity contribution in [2.45, 2.75) is 12.5 Å². The van der Waals surface area contributed by atoms with E-state index in [-0.39, 0.29) is 5.91 Å². The van der Waals surface area contributed by atoms with Gasteiger partial charge in [-0.25, -0.2) is 0 Å². The molecule has 0 radical (unpaired) electrons. The van der Waals surface area contributed by atoms with Crippen molar-refractivity contribution in [3.05, 3.63) is 64.1 Å². The Kier molecular flexibility index (Phi) is 5.01. The zero-order chi connectivity index (χ0) is 14.5. The number of hydrogen-bond acceptors (Lipinski definition) is 2. The zero-order valence-electron chi connectivity index (χ0n) is 10.6. The van der Waals surface area contributed by atoms with Crippen LogP contribution >= 0.6 is 23.2 Å². The zero-order valence-corrected chi connectivity index (χ0v) is 12.2. The Bertz CT molecular complexity index is 602. The lowest BCUT2D eigenvalue weighted by molar-refractivity contribution is -0.117. The van der Waals surface area contributed by atoms with Gasteiger partial charge in [0.15, 0.2) is 0 Å². The predicted octanol–water partition coefficient (Wildman–Crippen LogP) is 3.50. The fraction of sp³-hybridized carbons (Fsp3) is 0.133. The van der Waals surface area contributed by atoms with Crippen LogP contribution < -0.4 is 11.1 Å². The van der Waals surface area contributed by atoms with E-state index in [0.29, 0.717) is 22.2 Å². The number of anilines is 1. The quantitative estimate of drug-likeness (QED) is 0.908. The van der Waals surface area contributed by atoms with Crippen molar-refractivity contribution in [3.8, 4) is 0 Å². The van der Waals surface area contributed by atoms with Gasteiger partial charge in [-0.3, -0.25) is 4.79 Å². The molecule has 1 atom stereocenters. The summed E-state index contributed by atoms with van der Waals surface area (Å²) in [6.45, 7) is 0. The number of nitrogens with one attached hydrogen (secondary N) is 1. The van der Waals surface area contributed by atoms with Crippen LogP contribution in [-0.2, 0) is 11.2 Å². The smallest absolute Gasteiger partial charge is 0.241 e. The van der Waals surface area contributed by atoms with Gasteiger partial charge in [0.2, 0.25) is 5.91 Å². The summed E-state index contributed by atoms with van der Waals surface area (Å²) in [6.07, 6.45) is 0.470. The van der Waals surface area contributed by atoms with Crippen LogP contribution in [0.2, 0.25) is 10.0 Å². The maximum atomic E-state index is 12.0. The Balaban J connectivity index is 2.01. The van der Waals surface area contributed by atoms with Gasteiger partial charge in [-0.05, 0) is 30.2 Å². The maximum absolute atomic E-state index is 12.0. The highest BCUT2D eigenvalue weighted by Gasteiger charge is 2.15. The minimum atomic E-state index is -0.635. The van der Waals surface area contributed by atoms with Gasteiger partial charge in [-0.1, -0.05) is 53.5 Å². The van der Waals surface area contributed by atoms with Crippen molar-refractivity contribution >= 4 is 34.8 Å². The Morgan fingerprint density at radius 3 is 2.50 bits per heavy atom. The minimum Gasteiger partial charge on any atom is -0.323 e. The Hall–Kier alpha value is -1.55. The van der Waals surface area contributed by atoms with E-state index < -0.39 is 6.04 Å². The van der Waals surface area contributed by atoms with Crippen molar-refractivity contribution in [2.24, 2.45) is 5.73 Å². The average Bonchev–Trinajstić information content (AvgIpc) is 2.43. The topological polar surface area (TPSA) is 55.1 Å². The fourth-order valence-electron chi connectivity index (χ4n) is 1.78. The van der Waals surface area contributed by atoms with Gasteiger partial charge in [0.1, 0.15) is 0 Å². The standard InChI is InChI=1S/C15H14Cl2N2O/c16-11-6-7-14(12(17)9-11)19-15(20)13(18)8-10-4-2-1-3-5-10/h1-7,9,13H,8,18H2,(H,19,20). The van der Waals surface area contributed by atoms with E-state index in [1.54, 1.807) is 18.2 Å². The minimum absolute atomic E-state index is 0.280. The SMILES string of the molecule is NC(Cc1ccccc1)C(=O)Nc1ccc(Cl)cc1Cl. The van der Waals surface area contributed by atoms with E-state index >= 15 is 0 Å². The molecule has 0 saturated carbocycles. The summed E-state index contributed by atoms with van der Waals surface area (Å²) in [5, 5.41) is 3.61. The van der Waals surface area contributed by atoms with Crippen LogP contribution in [0.15, 0.2) is 48.5 Å². The molecule has 0 aromatic heterocycles. The third-order valence-corrected chi connectivity index (χ3v) is 3.37. The van der Waals surface area contributed by atoms with Crippen LogP contribution in [0.1, 0.15) is 5.56 Å². The van der Waals surface area contributed by atoms with E-state index in [0.717, 1.165) is 5.56 Å². The second kappa shape index (κ2) is 6.75. The highest BCUT2D eigenvalue weighted by Crippen LogP contribution is 2.25. The molecule has 0 aliphatic heterocycles. The first kappa shape index (κ1) is 14.9. The molecule has 2 aromatic rings. The highest BCUT2D eigenvalue weighted by atomic mass is 35.5. The molecule has 0 saturated heterocycles. The predicted molar refractivity (Wildman–Crippen MR) is 83.2 cm³/mol. The molecule has 3 N–H and O–H groups in total. The van der Waals surface area contributed by atoms with E-state index in [1.165, 1.54) is 0 Å². The molecule has 1 unspecified atom stereocenters. The number of halogens is 2. The first-order chi connectivity index (χ1) is 9.56. The molecule has 0 aliphatic carbocycles. The van der Waals surface area contributed by atoms with Crippen molar-refractivity contribution < 1.29 is 4.79 Å². The van der Waals surface area contributed by atoms with Crippen LogP contribution in [0.3, 0.4) is 0 Å². The average molecular weight is 309 g/mol. The molecular formula is C15H14Cl2N2O. The molecule has 104 valence electrons. The first-order valence-electron chi connectivity index (χ1n) is 6.11. The Labute approximate surface area is 127 Å². The molecule has 1 amide bonds. The highest BCUT2D eigenvalue weighted by molar-refractivity contribution is 6.36. The van der Waals surface area contributed by atoms with Gasteiger partial charge in [-0.15, -0.1) is 0 Å². The summed E-state index contributed by atoms with van der Waals surface area (Å²) in [5.41, 5.74) is 7.41. The molecule has 0 fully saturated rings. The van der Waals surface area contributed by atoms with Crippen LogP contribution in [0.5, 0.6) is 0 Å². The number of hydrogen-bond donors (Lipinski definition) is 2. The molecule has 20 heavy (non-hydrogen) atoms. The molecule has 2 aromatic carbocycles. The molecular weight excluding hydrogens is 295 g/mol. The lowest BCUT2D eigenvalue weighted by atomic mass is 10.1. The number of nitrogens with two attached hydrogens (primary N) is 1. The van der Waals surface area contributed by atoms with E-state index in [4.69, 9.17) is 28.9 Å². The van der Waals surface area contributed by atoms with Crippen molar-refractivity contribution in [2.75, 3.05) is 5.32 Å². The molecule has 3 nitrogen and oxygen atoms in total. The number of benzene rings is 2. The summed E-state index contributed by atoms with van der Waals surface area (Å²) in [7, 11) is 0. The lowest BCUT2D eigenvalue weighted by Gasteiger charge is -2.13. The van der Waals surface area contributed by atoms with E-state index in [9.17, 15) is 4.79 Å². The number of amides is 1. The van der Waals surface area contributed by atoms with Gasteiger partial charge >= 0.3 is 0 Å². The normalized spacial score (nSPS) is 11.9. The van der Waals surface area contributed by atoms with Gasteiger partial charge in [0.25, 0.3) is 0 Å². The summed E-state index contributed by atoms with van der Waals surface area (Å²) >= 11 is 11.8. The maximum Gasteiger partial charge on any atom is 0.241 e. The summed E-state index contributed by atoms with van der Waals surface area (Å²) in [5.74, 6) is -0.280. The summed E-state index contributed by atoms with van der Waals surface area (Å²) in [4.78, 5) is 12.0. The number of carbonyl (C=O) groups is 1. The Morgan fingerprint density at radius 1 is 1.15 bits per heavy atom. The van der Waals surface area contributed by atoms with Gasteiger partial charge < -0.3 is 11.1 Å². The van der Waals surface area contributed by atoms with Gasteiger partial charge in [0, 0.05) is 5.02 Å². The van der Waals surface area contributed by atoms with E-state index in [1.807, 2.05) is 30.3 Å². The third-order valence-electron chi connectivity index (χ3n) is 2.82. The van der Waals surface area contributed by atoms with Gasteiger partial charge in [-0.2, -0.15) is 0 Å². The first-order valence-corrected chi connectivity index (χ1v) is 6.87. The second-order valence-corrected chi connectivity index (χ2v) is 5.25. The van der Waals surface area contributed by atoms with Crippen molar-refractivity contribution in [1.82, 2.24) is 0 Å². The van der Waals surface area contributed by atoms with Crippen LogP contribution in [0, 0.1) is 0 Å². The van der Waals surface area contributed by atoms with Crippen LogP contribution in [-0.4, -0.2) is 11.9 Å².